The van der Waals surface area contributed by atoms with Gasteiger partial charge in [-0.3, -0.25) is 0 Å². The second kappa shape index (κ2) is 7.66. The fraction of sp³-hybridized carbons (Fsp3) is 0.647. The van der Waals surface area contributed by atoms with Gasteiger partial charge < -0.3 is 9.84 Å². The van der Waals surface area contributed by atoms with E-state index in [0.29, 0.717) is 0 Å². The Bertz CT molecular complexity index is 375. The van der Waals surface area contributed by atoms with Crippen LogP contribution in [0.5, 0.6) is 0 Å². The number of fused-ring (bicyclic) bond motifs is 1. The van der Waals surface area contributed by atoms with Crippen LogP contribution < -0.4 is 0 Å². The summed E-state index contributed by atoms with van der Waals surface area (Å²) in [5, 5.41) is 10.2. The van der Waals surface area contributed by atoms with Crippen LogP contribution >= 0.6 is 0 Å². The van der Waals surface area contributed by atoms with Gasteiger partial charge in [-0.15, -0.1) is 0 Å². The molecule has 0 amide bonds. The molecule has 0 radical (unpaired) electrons. The van der Waals surface area contributed by atoms with Crippen LogP contribution in [0.4, 0.5) is 0 Å². The summed E-state index contributed by atoms with van der Waals surface area (Å²) < 4.78 is 5.85. The van der Waals surface area contributed by atoms with E-state index in [1.54, 1.807) is 0 Å². The van der Waals surface area contributed by atoms with Crippen molar-refractivity contribution in [3.63, 3.8) is 0 Å². The molecule has 2 heteroatoms. The van der Waals surface area contributed by atoms with Crippen LogP contribution in [-0.4, -0.2) is 17.8 Å². The minimum Gasteiger partial charge on any atom is -0.386 e. The minimum atomic E-state index is -0.434. The molecule has 1 aromatic rings. The molecule has 0 saturated carbocycles. The third-order valence-corrected chi connectivity index (χ3v) is 3.98. The molecule has 1 aromatic carbocycles. The van der Waals surface area contributed by atoms with Crippen molar-refractivity contribution in [1.29, 1.82) is 0 Å². The number of ether oxygens (including phenoxy) is 1. The molecule has 0 fully saturated rings. The Hall–Kier alpha value is -0.860. The molecule has 2 rings (SSSR count). The van der Waals surface area contributed by atoms with Crippen LogP contribution in [0.15, 0.2) is 24.3 Å². The quantitative estimate of drug-likeness (QED) is 0.717. The summed E-state index contributed by atoms with van der Waals surface area (Å²) in [5.74, 6) is 0. The fourth-order valence-corrected chi connectivity index (χ4v) is 2.80. The molecule has 0 aromatic heterocycles. The minimum absolute atomic E-state index is 0.0342. The van der Waals surface area contributed by atoms with Crippen molar-refractivity contribution < 1.29 is 9.84 Å². The van der Waals surface area contributed by atoms with Gasteiger partial charge in [0.2, 0.25) is 0 Å². The third kappa shape index (κ3) is 4.05. The van der Waals surface area contributed by atoms with Crippen molar-refractivity contribution in [1.82, 2.24) is 0 Å². The van der Waals surface area contributed by atoms with E-state index in [0.717, 1.165) is 25.0 Å². The van der Waals surface area contributed by atoms with E-state index in [-0.39, 0.29) is 6.10 Å². The number of unbranched alkanes of at least 4 members (excludes halogenated alkanes) is 5. The first-order valence-corrected chi connectivity index (χ1v) is 7.70. The molecule has 0 aliphatic heterocycles. The lowest BCUT2D eigenvalue weighted by Crippen LogP contribution is -2.18. The first kappa shape index (κ1) is 14.5. The smallest absolute Gasteiger partial charge is 0.106 e. The SMILES string of the molecule is CCCCCCCCOC1Cc2ccccc2C1O. The predicted octanol–water partition coefficient (Wildman–Crippen LogP) is 4.02. The van der Waals surface area contributed by atoms with Crippen molar-refractivity contribution >= 4 is 0 Å². The molecule has 0 heterocycles. The van der Waals surface area contributed by atoms with E-state index in [1.165, 1.54) is 37.7 Å². The maximum absolute atomic E-state index is 10.2. The first-order valence-electron chi connectivity index (χ1n) is 7.70. The average molecular weight is 262 g/mol. The molecule has 19 heavy (non-hydrogen) atoms. The number of aliphatic hydroxyl groups is 1. The molecule has 2 nitrogen and oxygen atoms in total. The van der Waals surface area contributed by atoms with Gasteiger partial charge in [0.25, 0.3) is 0 Å². The van der Waals surface area contributed by atoms with Gasteiger partial charge in [0.15, 0.2) is 0 Å². The van der Waals surface area contributed by atoms with Crippen LogP contribution in [0.3, 0.4) is 0 Å². The summed E-state index contributed by atoms with van der Waals surface area (Å²) in [7, 11) is 0. The average Bonchev–Trinajstić information content (AvgIpc) is 2.75. The van der Waals surface area contributed by atoms with Gasteiger partial charge in [0.1, 0.15) is 6.10 Å². The van der Waals surface area contributed by atoms with E-state index in [4.69, 9.17) is 4.74 Å². The zero-order valence-corrected chi connectivity index (χ0v) is 12.0. The van der Waals surface area contributed by atoms with Crippen molar-refractivity contribution in [2.45, 2.75) is 64.1 Å². The van der Waals surface area contributed by atoms with Gasteiger partial charge in [0.05, 0.1) is 6.10 Å². The highest BCUT2D eigenvalue weighted by molar-refractivity contribution is 5.35. The Balaban J connectivity index is 1.63. The molecule has 2 atom stereocenters. The van der Waals surface area contributed by atoms with Crippen molar-refractivity contribution in [3.8, 4) is 0 Å². The van der Waals surface area contributed by atoms with Crippen LogP contribution in [0.25, 0.3) is 0 Å². The Kier molecular flexibility index (Phi) is 5.87. The van der Waals surface area contributed by atoms with Gasteiger partial charge in [-0.25, -0.2) is 0 Å². The summed E-state index contributed by atoms with van der Waals surface area (Å²) in [5.41, 5.74) is 2.29. The van der Waals surface area contributed by atoms with Crippen LogP contribution in [-0.2, 0) is 11.2 Å². The molecule has 0 saturated heterocycles. The summed E-state index contributed by atoms with van der Waals surface area (Å²) in [6.45, 7) is 3.02. The summed E-state index contributed by atoms with van der Waals surface area (Å²) in [6.07, 6.45) is 8.04. The van der Waals surface area contributed by atoms with Gasteiger partial charge >= 0.3 is 0 Å². The number of hydrogen-bond donors (Lipinski definition) is 1. The number of rotatable bonds is 8. The lowest BCUT2D eigenvalue weighted by molar-refractivity contribution is -0.0289. The number of hydrogen-bond acceptors (Lipinski definition) is 2. The van der Waals surface area contributed by atoms with Crippen molar-refractivity contribution in [2.24, 2.45) is 0 Å². The molecule has 2 unspecified atom stereocenters. The second-order valence-corrected chi connectivity index (χ2v) is 5.52. The highest BCUT2D eigenvalue weighted by Gasteiger charge is 2.30. The number of benzene rings is 1. The lowest BCUT2D eigenvalue weighted by atomic mass is 10.1. The van der Waals surface area contributed by atoms with Crippen LogP contribution in [0.2, 0.25) is 0 Å². The Morgan fingerprint density at radius 2 is 1.84 bits per heavy atom. The van der Waals surface area contributed by atoms with Crippen LogP contribution in [0.1, 0.15) is 62.7 Å². The standard InChI is InChI=1S/C17H26O2/c1-2-3-4-5-6-9-12-19-16-13-14-10-7-8-11-15(14)17(16)18/h7-8,10-11,16-18H,2-6,9,12-13H2,1H3. The second-order valence-electron chi connectivity index (χ2n) is 5.52. The molecule has 0 spiro atoms. The van der Waals surface area contributed by atoms with Gasteiger partial charge in [-0.1, -0.05) is 63.3 Å². The Labute approximate surface area is 116 Å². The predicted molar refractivity (Wildman–Crippen MR) is 78.2 cm³/mol. The molecular weight excluding hydrogens is 236 g/mol. The largest absolute Gasteiger partial charge is 0.386 e. The molecule has 1 aliphatic carbocycles. The summed E-state index contributed by atoms with van der Waals surface area (Å²) in [6, 6.07) is 8.11. The zero-order chi connectivity index (χ0) is 13.5. The summed E-state index contributed by atoms with van der Waals surface area (Å²) in [4.78, 5) is 0. The van der Waals surface area contributed by atoms with E-state index >= 15 is 0 Å². The normalized spacial score (nSPS) is 21.6. The molecule has 0 bridgehead atoms. The fourth-order valence-electron chi connectivity index (χ4n) is 2.80. The lowest BCUT2D eigenvalue weighted by Gasteiger charge is -2.16. The third-order valence-electron chi connectivity index (χ3n) is 3.98. The monoisotopic (exact) mass is 262 g/mol. The zero-order valence-electron chi connectivity index (χ0n) is 12.0. The highest BCUT2D eigenvalue weighted by atomic mass is 16.5. The van der Waals surface area contributed by atoms with E-state index in [2.05, 4.69) is 13.0 Å². The molecule has 1 aliphatic rings. The topological polar surface area (TPSA) is 29.5 Å². The van der Waals surface area contributed by atoms with E-state index in [9.17, 15) is 5.11 Å². The van der Waals surface area contributed by atoms with Crippen molar-refractivity contribution in [2.75, 3.05) is 6.61 Å². The molecule has 1 N–H and O–H groups in total. The molecular formula is C17H26O2. The first-order chi connectivity index (χ1) is 9.33. The number of aliphatic hydroxyl groups excluding tert-OH is 1. The van der Waals surface area contributed by atoms with Gasteiger partial charge in [-0.05, 0) is 17.5 Å². The van der Waals surface area contributed by atoms with Crippen molar-refractivity contribution in [3.05, 3.63) is 35.4 Å². The molecule has 106 valence electrons. The Morgan fingerprint density at radius 3 is 2.63 bits per heavy atom. The van der Waals surface area contributed by atoms with Gasteiger partial charge in [0, 0.05) is 13.0 Å². The maximum atomic E-state index is 10.2. The van der Waals surface area contributed by atoms with E-state index < -0.39 is 6.10 Å². The highest BCUT2D eigenvalue weighted by Crippen LogP contribution is 2.33. The Morgan fingerprint density at radius 1 is 1.11 bits per heavy atom. The summed E-state index contributed by atoms with van der Waals surface area (Å²) >= 11 is 0. The van der Waals surface area contributed by atoms with Gasteiger partial charge in [-0.2, -0.15) is 0 Å². The van der Waals surface area contributed by atoms with E-state index in [1.807, 2.05) is 18.2 Å². The van der Waals surface area contributed by atoms with Crippen LogP contribution in [0, 0.1) is 0 Å². The maximum Gasteiger partial charge on any atom is 0.106 e.